The molecule has 0 amide bonds. The molecule has 0 aliphatic heterocycles. The molecule has 2 nitrogen and oxygen atoms in total. The summed E-state index contributed by atoms with van der Waals surface area (Å²) in [6.45, 7) is 0. The van der Waals surface area contributed by atoms with Crippen molar-refractivity contribution < 1.29 is 14.1 Å². The summed E-state index contributed by atoms with van der Waals surface area (Å²) in [5, 5.41) is 9.08. The largest absolute Gasteiger partial charge is 0.490 e. The molecule has 0 heterocycles. The molecule has 1 rings (SSSR count). The average Bonchev–Trinajstić information content (AvgIpc) is 2.05. The van der Waals surface area contributed by atoms with Crippen molar-refractivity contribution in [1.29, 1.82) is 0 Å². The van der Waals surface area contributed by atoms with Crippen LogP contribution in [0.15, 0.2) is 24.3 Å². The van der Waals surface area contributed by atoms with Gasteiger partial charge >= 0.3 is 7.12 Å². The molecule has 0 bridgehead atoms. The summed E-state index contributed by atoms with van der Waals surface area (Å²) in [5.74, 6) is -0.322. The van der Waals surface area contributed by atoms with Gasteiger partial charge in [0.25, 0.3) is 0 Å². The highest BCUT2D eigenvalue weighted by molar-refractivity contribution is 6.59. The molecule has 1 aromatic rings. The van der Waals surface area contributed by atoms with Crippen molar-refractivity contribution in [2.75, 3.05) is 7.11 Å². The van der Waals surface area contributed by atoms with E-state index < -0.39 is 7.12 Å². The van der Waals surface area contributed by atoms with Crippen molar-refractivity contribution >= 4 is 12.6 Å². The van der Waals surface area contributed by atoms with Gasteiger partial charge in [0.05, 0.1) is 0 Å². The topological polar surface area (TPSA) is 29.5 Å². The Balaban J connectivity index is 2.81. The molecule has 0 unspecified atom stereocenters. The first-order valence-electron chi connectivity index (χ1n) is 3.20. The monoisotopic (exact) mass is 154 g/mol. The van der Waals surface area contributed by atoms with E-state index in [-0.39, 0.29) is 5.82 Å². The van der Waals surface area contributed by atoms with Crippen LogP contribution in [0.3, 0.4) is 0 Å². The zero-order valence-electron chi connectivity index (χ0n) is 6.12. The lowest BCUT2D eigenvalue weighted by Gasteiger charge is -2.01. The van der Waals surface area contributed by atoms with Crippen molar-refractivity contribution in [1.82, 2.24) is 0 Å². The Hall–Kier alpha value is -0.865. The minimum atomic E-state index is -0.962. The van der Waals surface area contributed by atoms with Crippen LogP contribution >= 0.6 is 0 Å². The number of benzene rings is 1. The van der Waals surface area contributed by atoms with Crippen molar-refractivity contribution in [3.05, 3.63) is 30.1 Å². The lowest BCUT2D eigenvalue weighted by molar-refractivity contribution is 0.341. The molecule has 0 atom stereocenters. The summed E-state index contributed by atoms with van der Waals surface area (Å²) in [6.07, 6.45) is 0. The summed E-state index contributed by atoms with van der Waals surface area (Å²) in [6, 6.07) is 5.50. The Morgan fingerprint density at radius 3 is 2.36 bits per heavy atom. The molecular formula is C7H8BFO2. The summed E-state index contributed by atoms with van der Waals surface area (Å²) < 4.78 is 16.9. The third kappa shape index (κ3) is 2.03. The summed E-state index contributed by atoms with van der Waals surface area (Å²) >= 11 is 0. The summed E-state index contributed by atoms with van der Waals surface area (Å²) in [7, 11) is 0.421. The molecular weight excluding hydrogens is 146 g/mol. The minimum Gasteiger partial charge on any atom is -0.423 e. The normalized spacial score (nSPS) is 9.73. The van der Waals surface area contributed by atoms with Gasteiger partial charge in [0.1, 0.15) is 5.82 Å². The van der Waals surface area contributed by atoms with Crippen LogP contribution in [0, 0.1) is 5.82 Å². The van der Waals surface area contributed by atoms with Crippen LogP contribution < -0.4 is 5.46 Å². The molecule has 4 heteroatoms. The fraction of sp³-hybridized carbons (Fsp3) is 0.143. The molecule has 58 valence electrons. The van der Waals surface area contributed by atoms with Crippen molar-refractivity contribution in [2.24, 2.45) is 0 Å². The zero-order valence-corrected chi connectivity index (χ0v) is 6.12. The van der Waals surface area contributed by atoms with Gasteiger partial charge in [-0.15, -0.1) is 0 Å². The smallest absolute Gasteiger partial charge is 0.423 e. The van der Waals surface area contributed by atoms with Crippen molar-refractivity contribution in [3.8, 4) is 0 Å². The Bertz CT molecular complexity index is 224. The molecule has 0 saturated heterocycles. The standard InChI is InChI=1S/C7H8BFO2/c1-11-8(10)6-2-4-7(9)5-3-6/h2-5,10H,1H3. The van der Waals surface area contributed by atoms with E-state index in [0.717, 1.165) is 0 Å². The number of rotatable bonds is 2. The van der Waals surface area contributed by atoms with Crippen molar-refractivity contribution in [2.45, 2.75) is 0 Å². The predicted molar refractivity (Wildman–Crippen MR) is 41.0 cm³/mol. The average molecular weight is 154 g/mol. The third-order valence-corrected chi connectivity index (χ3v) is 1.38. The highest BCUT2D eigenvalue weighted by atomic mass is 19.1. The maximum atomic E-state index is 12.3. The van der Waals surface area contributed by atoms with Gasteiger partial charge in [0.2, 0.25) is 0 Å². The van der Waals surface area contributed by atoms with Crippen LogP contribution in [-0.4, -0.2) is 19.3 Å². The second-order valence-electron chi connectivity index (χ2n) is 2.14. The van der Waals surface area contributed by atoms with Gasteiger partial charge in [-0.1, -0.05) is 12.1 Å². The molecule has 0 aliphatic carbocycles. The third-order valence-electron chi connectivity index (χ3n) is 1.38. The van der Waals surface area contributed by atoms with E-state index in [0.29, 0.717) is 5.46 Å². The Kier molecular flexibility index (Phi) is 2.62. The number of halogens is 1. The van der Waals surface area contributed by atoms with Crippen LogP contribution in [0.25, 0.3) is 0 Å². The summed E-state index contributed by atoms with van der Waals surface area (Å²) in [4.78, 5) is 0. The van der Waals surface area contributed by atoms with Crippen LogP contribution in [0.1, 0.15) is 0 Å². The van der Waals surface area contributed by atoms with Crippen LogP contribution in [0.5, 0.6) is 0 Å². The van der Waals surface area contributed by atoms with E-state index in [1.54, 1.807) is 0 Å². The Morgan fingerprint density at radius 2 is 1.91 bits per heavy atom. The lowest BCUT2D eigenvalue weighted by atomic mass is 9.80. The number of hydrogen-bond donors (Lipinski definition) is 1. The van der Waals surface area contributed by atoms with E-state index >= 15 is 0 Å². The molecule has 11 heavy (non-hydrogen) atoms. The maximum absolute atomic E-state index is 12.3. The van der Waals surface area contributed by atoms with E-state index in [1.165, 1.54) is 31.4 Å². The van der Waals surface area contributed by atoms with Gasteiger partial charge in [0.15, 0.2) is 0 Å². The first-order valence-corrected chi connectivity index (χ1v) is 3.20. The van der Waals surface area contributed by atoms with Crippen molar-refractivity contribution in [3.63, 3.8) is 0 Å². The molecule has 0 radical (unpaired) electrons. The fourth-order valence-electron chi connectivity index (χ4n) is 0.763. The highest BCUT2D eigenvalue weighted by Crippen LogP contribution is 1.93. The van der Waals surface area contributed by atoms with Gasteiger partial charge in [-0.25, -0.2) is 4.39 Å². The zero-order chi connectivity index (χ0) is 8.27. The summed E-state index contributed by atoms with van der Waals surface area (Å²) in [5.41, 5.74) is 0.550. The molecule has 1 N–H and O–H groups in total. The van der Waals surface area contributed by atoms with Crippen LogP contribution in [-0.2, 0) is 4.65 Å². The van der Waals surface area contributed by atoms with E-state index in [4.69, 9.17) is 5.02 Å². The quantitative estimate of drug-likeness (QED) is 0.614. The van der Waals surface area contributed by atoms with E-state index in [1.807, 2.05) is 0 Å². The second-order valence-corrected chi connectivity index (χ2v) is 2.14. The van der Waals surface area contributed by atoms with Gasteiger partial charge in [-0.2, -0.15) is 0 Å². The SMILES string of the molecule is COB(O)c1ccc(F)cc1. The number of hydrogen-bond acceptors (Lipinski definition) is 2. The van der Waals surface area contributed by atoms with Crippen LogP contribution in [0.4, 0.5) is 4.39 Å². The maximum Gasteiger partial charge on any atom is 0.490 e. The predicted octanol–water partition coefficient (Wildman–Crippen LogP) is 0.160. The van der Waals surface area contributed by atoms with E-state index in [9.17, 15) is 4.39 Å². The van der Waals surface area contributed by atoms with Gasteiger partial charge in [-0.05, 0) is 17.6 Å². The molecule has 0 saturated carbocycles. The first-order chi connectivity index (χ1) is 5.24. The molecule has 0 spiro atoms. The van der Waals surface area contributed by atoms with Gasteiger partial charge < -0.3 is 9.68 Å². The highest BCUT2D eigenvalue weighted by Gasteiger charge is 2.12. The Morgan fingerprint density at radius 1 is 1.36 bits per heavy atom. The fourth-order valence-corrected chi connectivity index (χ4v) is 0.763. The molecule has 0 aromatic heterocycles. The molecule has 1 aromatic carbocycles. The molecule has 0 aliphatic rings. The molecule has 0 fully saturated rings. The Labute approximate surface area is 64.8 Å². The van der Waals surface area contributed by atoms with Gasteiger partial charge in [-0.3, -0.25) is 0 Å². The van der Waals surface area contributed by atoms with Crippen LogP contribution in [0.2, 0.25) is 0 Å². The van der Waals surface area contributed by atoms with Gasteiger partial charge in [0, 0.05) is 7.11 Å². The first kappa shape index (κ1) is 8.23. The second kappa shape index (κ2) is 3.50. The lowest BCUT2D eigenvalue weighted by Crippen LogP contribution is -2.32. The minimum absolute atomic E-state index is 0.322. The van der Waals surface area contributed by atoms with E-state index in [2.05, 4.69) is 4.65 Å².